The molecule has 4 atom stereocenters. The molecule has 0 spiro atoms. The number of aromatic hydroxyl groups is 1. The number of hydrogen-bond donors (Lipinski definition) is 1. The fourth-order valence-corrected chi connectivity index (χ4v) is 3.78. The molecule has 0 aromatic heterocycles. The van der Waals surface area contributed by atoms with Crippen LogP contribution in [-0.4, -0.2) is 41.0 Å². The molecule has 0 aliphatic carbocycles. The van der Waals surface area contributed by atoms with Crippen LogP contribution < -0.4 is 4.74 Å². The zero-order chi connectivity index (χ0) is 21.9. The number of ether oxygens (including phenoxy) is 2. The van der Waals surface area contributed by atoms with Gasteiger partial charge in [0.1, 0.15) is 0 Å². The van der Waals surface area contributed by atoms with Gasteiger partial charge in [-0.15, -0.1) is 0 Å². The Bertz CT molecular complexity index is 774. The van der Waals surface area contributed by atoms with Crippen molar-refractivity contribution < 1.29 is 29.1 Å². The third-order valence-electron chi connectivity index (χ3n) is 5.66. The quantitative estimate of drug-likeness (QED) is 0.288. The van der Waals surface area contributed by atoms with Crippen molar-refractivity contribution in [3.05, 3.63) is 33.9 Å². The number of nitro groups is 1. The van der Waals surface area contributed by atoms with Crippen LogP contribution in [0.3, 0.4) is 0 Å². The number of hydrogen-bond acceptors (Lipinski definition) is 7. The Morgan fingerprint density at radius 1 is 1.34 bits per heavy atom. The maximum atomic E-state index is 13.1. The van der Waals surface area contributed by atoms with Gasteiger partial charge in [-0.1, -0.05) is 27.7 Å². The highest BCUT2D eigenvalue weighted by Gasteiger charge is 2.47. The first-order valence-corrected chi connectivity index (χ1v) is 9.82. The van der Waals surface area contributed by atoms with Crippen LogP contribution in [0.4, 0.5) is 0 Å². The summed E-state index contributed by atoms with van der Waals surface area (Å²) >= 11 is 0. The van der Waals surface area contributed by atoms with Crippen molar-refractivity contribution in [1.82, 2.24) is 0 Å². The third kappa shape index (κ3) is 5.05. The molecule has 0 saturated carbocycles. The van der Waals surface area contributed by atoms with Gasteiger partial charge in [-0.05, 0) is 30.0 Å². The Kier molecular flexibility index (Phi) is 7.21. The van der Waals surface area contributed by atoms with Crippen LogP contribution in [0, 0.1) is 33.8 Å². The van der Waals surface area contributed by atoms with E-state index in [0.29, 0.717) is 0 Å². The minimum atomic E-state index is -1.16. The van der Waals surface area contributed by atoms with Gasteiger partial charge >= 0.3 is 5.97 Å². The summed E-state index contributed by atoms with van der Waals surface area (Å²) in [5.41, 5.74) is 0.257. The normalized spacial score (nSPS) is 21.1. The summed E-state index contributed by atoms with van der Waals surface area (Å²) in [6.07, 6.45) is -0.605. The van der Waals surface area contributed by atoms with Gasteiger partial charge in [0.2, 0.25) is 6.04 Å². The van der Waals surface area contributed by atoms with Gasteiger partial charge in [-0.2, -0.15) is 0 Å². The number of esters is 1. The molecule has 0 radical (unpaired) electrons. The number of cyclic esters (lactones) is 1. The zero-order valence-electron chi connectivity index (χ0n) is 17.5. The summed E-state index contributed by atoms with van der Waals surface area (Å²) in [5, 5.41) is 21.7. The average molecular weight is 407 g/mol. The summed E-state index contributed by atoms with van der Waals surface area (Å²) < 4.78 is 10.3. The van der Waals surface area contributed by atoms with E-state index in [2.05, 4.69) is 0 Å². The molecule has 160 valence electrons. The van der Waals surface area contributed by atoms with Crippen molar-refractivity contribution in [2.45, 2.75) is 52.7 Å². The second kappa shape index (κ2) is 9.24. The molecule has 1 N–H and O–H groups in total. The van der Waals surface area contributed by atoms with Crippen molar-refractivity contribution >= 4 is 11.8 Å². The van der Waals surface area contributed by atoms with Crippen LogP contribution >= 0.6 is 0 Å². The molecule has 2 rings (SSSR count). The number of benzene rings is 1. The molecular formula is C21H29NO7. The highest BCUT2D eigenvalue weighted by Crippen LogP contribution is 2.34. The lowest BCUT2D eigenvalue weighted by atomic mass is 9.81. The van der Waals surface area contributed by atoms with E-state index < -0.39 is 29.0 Å². The fraction of sp³-hybridized carbons (Fsp3) is 0.619. The first-order valence-electron chi connectivity index (χ1n) is 9.82. The predicted octanol–water partition coefficient (Wildman–Crippen LogP) is 3.48. The number of phenols is 1. The summed E-state index contributed by atoms with van der Waals surface area (Å²) in [7, 11) is 1.41. The summed E-state index contributed by atoms with van der Waals surface area (Å²) in [4.78, 5) is 36.5. The van der Waals surface area contributed by atoms with Gasteiger partial charge in [-0.25, -0.2) is 0 Å². The van der Waals surface area contributed by atoms with Crippen molar-refractivity contribution in [2.75, 3.05) is 7.11 Å². The minimum absolute atomic E-state index is 0.0321. The third-order valence-corrected chi connectivity index (χ3v) is 5.66. The van der Waals surface area contributed by atoms with E-state index in [1.165, 1.54) is 25.3 Å². The molecule has 1 aromatic carbocycles. The lowest BCUT2D eigenvalue weighted by Crippen LogP contribution is -2.38. The van der Waals surface area contributed by atoms with E-state index in [1.807, 2.05) is 27.7 Å². The second-order valence-electron chi connectivity index (χ2n) is 8.25. The standard InChI is InChI=1S/C21H29NO7/c1-11(2)14(20(24)13-6-7-18(28-5)17(23)8-13)9-16(22(26)27)19-10-15(12(3)4)21(25)29-19/h6-8,11-12,14-16,19,23H,9-10H2,1-5H3/t14-,15-,16-,19-/m0/s1. The summed E-state index contributed by atoms with van der Waals surface area (Å²) in [6, 6.07) is 3.16. The van der Waals surface area contributed by atoms with Gasteiger partial charge in [0.25, 0.3) is 0 Å². The number of Topliss-reactive ketones (excluding diaryl/α,β-unsaturated/α-hetero) is 1. The number of ketones is 1. The van der Waals surface area contributed by atoms with Gasteiger partial charge in [0.05, 0.1) is 13.0 Å². The molecule has 0 bridgehead atoms. The molecule has 1 aromatic rings. The van der Waals surface area contributed by atoms with Gasteiger partial charge < -0.3 is 14.6 Å². The van der Waals surface area contributed by atoms with Crippen molar-refractivity contribution in [3.8, 4) is 11.5 Å². The first-order chi connectivity index (χ1) is 13.6. The number of rotatable bonds is 9. The van der Waals surface area contributed by atoms with E-state index in [9.17, 15) is 24.8 Å². The van der Waals surface area contributed by atoms with Gasteiger partial charge in [0, 0.05) is 29.2 Å². The Balaban J connectivity index is 2.25. The SMILES string of the molecule is COc1ccc(C(=O)[C@@H](C[C@@H]([C@@H]2C[C@@H](C(C)C)C(=O)O2)[N+](=O)[O-])C(C)C)cc1O. The second-order valence-corrected chi connectivity index (χ2v) is 8.25. The van der Waals surface area contributed by atoms with E-state index in [0.717, 1.165) is 0 Å². The summed E-state index contributed by atoms with van der Waals surface area (Å²) in [6.45, 7) is 7.40. The highest BCUT2D eigenvalue weighted by atomic mass is 16.6. The van der Waals surface area contributed by atoms with Crippen molar-refractivity contribution in [2.24, 2.45) is 23.7 Å². The van der Waals surface area contributed by atoms with Crippen molar-refractivity contribution in [1.29, 1.82) is 0 Å². The monoisotopic (exact) mass is 407 g/mol. The molecule has 8 heteroatoms. The topological polar surface area (TPSA) is 116 Å². The van der Waals surface area contributed by atoms with Crippen LogP contribution in [0.2, 0.25) is 0 Å². The molecule has 0 unspecified atom stereocenters. The van der Waals surface area contributed by atoms with Gasteiger partial charge in [0.15, 0.2) is 23.4 Å². The van der Waals surface area contributed by atoms with E-state index >= 15 is 0 Å². The number of carbonyl (C=O) groups excluding carboxylic acids is 2. The summed E-state index contributed by atoms with van der Waals surface area (Å²) in [5.74, 6) is -1.81. The van der Waals surface area contributed by atoms with E-state index in [4.69, 9.17) is 9.47 Å². The Morgan fingerprint density at radius 2 is 2.00 bits per heavy atom. The molecular weight excluding hydrogens is 378 g/mol. The molecule has 1 aliphatic rings. The molecule has 8 nitrogen and oxygen atoms in total. The maximum Gasteiger partial charge on any atom is 0.309 e. The largest absolute Gasteiger partial charge is 0.504 e. The molecule has 1 heterocycles. The molecule has 1 saturated heterocycles. The lowest BCUT2D eigenvalue weighted by molar-refractivity contribution is -0.535. The maximum absolute atomic E-state index is 13.1. The molecule has 29 heavy (non-hydrogen) atoms. The number of phenolic OH excluding ortho intramolecular Hbond substituents is 1. The van der Waals surface area contributed by atoms with Crippen LogP contribution in [0.5, 0.6) is 11.5 Å². The van der Waals surface area contributed by atoms with Crippen molar-refractivity contribution in [3.63, 3.8) is 0 Å². The minimum Gasteiger partial charge on any atom is -0.504 e. The fourth-order valence-electron chi connectivity index (χ4n) is 3.78. The molecule has 1 aliphatic heterocycles. The van der Waals surface area contributed by atoms with Gasteiger partial charge in [-0.3, -0.25) is 19.7 Å². The zero-order valence-corrected chi connectivity index (χ0v) is 17.5. The van der Waals surface area contributed by atoms with E-state index in [1.54, 1.807) is 0 Å². The average Bonchev–Trinajstić information content (AvgIpc) is 3.02. The number of methoxy groups -OCH3 is 1. The Labute approximate surface area is 170 Å². The number of nitrogens with zero attached hydrogens (tertiary/aromatic N) is 1. The lowest BCUT2D eigenvalue weighted by Gasteiger charge is -2.24. The molecule has 0 amide bonds. The highest BCUT2D eigenvalue weighted by molar-refractivity contribution is 5.98. The number of carbonyl (C=O) groups is 2. The van der Waals surface area contributed by atoms with Crippen LogP contribution in [0.1, 0.15) is 50.9 Å². The smallest absolute Gasteiger partial charge is 0.309 e. The predicted molar refractivity (Wildman–Crippen MR) is 106 cm³/mol. The van der Waals surface area contributed by atoms with Crippen LogP contribution in [0.15, 0.2) is 18.2 Å². The Morgan fingerprint density at radius 3 is 2.45 bits per heavy atom. The Hall–Kier alpha value is -2.64. The first kappa shape index (κ1) is 22.6. The van der Waals surface area contributed by atoms with E-state index in [-0.39, 0.29) is 53.4 Å². The van der Waals surface area contributed by atoms with Crippen LogP contribution in [0.25, 0.3) is 0 Å². The van der Waals surface area contributed by atoms with Crippen LogP contribution in [-0.2, 0) is 9.53 Å². The molecule has 1 fully saturated rings.